The molecule has 3 rings (SSSR count). The molecule has 3 aromatic rings. The molecular formula is C13H10ClN5O. The highest BCUT2D eigenvalue weighted by Gasteiger charge is 2.09. The van der Waals surface area contributed by atoms with Crippen LogP contribution in [0.25, 0.3) is 11.0 Å². The molecule has 0 atom stereocenters. The first-order chi connectivity index (χ1) is 9.72. The number of halogens is 1. The maximum atomic E-state index is 11.9. The molecule has 0 radical (unpaired) electrons. The van der Waals surface area contributed by atoms with Gasteiger partial charge in [0, 0.05) is 12.4 Å². The summed E-state index contributed by atoms with van der Waals surface area (Å²) in [5, 5.41) is 11.5. The van der Waals surface area contributed by atoms with E-state index in [0.29, 0.717) is 10.7 Å². The zero-order chi connectivity index (χ0) is 13.9. The Labute approximate surface area is 119 Å². The fourth-order valence-corrected chi connectivity index (χ4v) is 1.94. The van der Waals surface area contributed by atoms with Gasteiger partial charge < -0.3 is 5.32 Å². The first-order valence-corrected chi connectivity index (χ1v) is 6.29. The van der Waals surface area contributed by atoms with Crippen LogP contribution >= 0.6 is 11.6 Å². The number of hydrogen-bond acceptors (Lipinski definition) is 4. The number of rotatable bonds is 3. The van der Waals surface area contributed by atoms with Crippen LogP contribution in [0.4, 0.5) is 5.69 Å². The number of carbonyl (C=O) groups excluding carboxylic acids is 1. The number of nitrogens with zero attached hydrogens (tertiary/aromatic N) is 4. The predicted octanol–water partition coefficient (Wildman–Crippen LogP) is 2.12. The Morgan fingerprint density at radius 1 is 1.20 bits per heavy atom. The SMILES string of the molecule is O=C(Cn1nc2ccccc2n1)Nc1ccncc1Cl. The first kappa shape index (κ1) is 12.6. The standard InChI is InChI=1S/C13H10ClN5O/c14-9-7-15-6-5-10(9)16-13(20)8-19-17-11-3-1-2-4-12(11)18-19/h1-7H,8H2,(H,15,16,20). The summed E-state index contributed by atoms with van der Waals surface area (Å²) in [6.45, 7) is 0.0212. The number of pyridine rings is 1. The van der Waals surface area contributed by atoms with Gasteiger partial charge in [-0.05, 0) is 18.2 Å². The topological polar surface area (TPSA) is 72.7 Å². The lowest BCUT2D eigenvalue weighted by atomic mass is 10.3. The fourth-order valence-electron chi connectivity index (χ4n) is 1.77. The van der Waals surface area contributed by atoms with Gasteiger partial charge in [0.2, 0.25) is 5.91 Å². The number of benzene rings is 1. The van der Waals surface area contributed by atoms with E-state index in [1.165, 1.54) is 11.0 Å². The zero-order valence-electron chi connectivity index (χ0n) is 10.3. The smallest absolute Gasteiger partial charge is 0.248 e. The van der Waals surface area contributed by atoms with Crippen LogP contribution in [-0.4, -0.2) is 25.9 Å². The normalized spacial score (nSPS) is 10.7. The van der Waals surface area contributed by atoms with Gasteiger partial charge in [-0.1, -0.05) is 23.7 Å². The molecule has 0 spiro atoms. The van der Waals surface area contributed by atoms with Crippen LogP contribution in [0.3, 0.4) is 0 Å². The van der Waals surface area contributed by atoms with E-state index in [4.69, 9.17) is 11.6 Å². The van der Waals surface area contributed by atoms with Gasteiger partial charge >= 0.3 is 0 Å². The largest absolute Gasteiger partial charge is 0.323 e. The van der Waals surface area contributed by atoms with Crippen LogP contribution in [0.2, 0.25) is 5.02 Å². The second kappa shape index (κ2) is 5.26. The molecule has 0 unspecified atom stereocenters. The highest BCUT2D eigenvalue weighted by atomic mass is 35.5. The first-order valence-electron chi connectivity index (χ1n) is 5.91. The molecule has 100 valence electrons. The number of amides is 1. The van der Waals surface area contributed by atoms with Crippen molar-refractivity contribution < 1.29 is 4.79 Å². The molecule has 0 fully saturated rings. The molecule has 2 heterocycles. The number of hydrogen-bond donors (Lipinski definition) is 1. The Balaban J connectivity index is 1.74. The van der Waals surface area contributed by atoms with Crippen LogP contribution in [0.5, 0.6) is 0 Å². The number of aromatic nitrogens is 4. The molecule has 2 aromatic heterocycles. The fraction of sp³-hybridized carbons (Fsp3) is 0.0769. The van der Waals surface area contributed by atoms with Crippen molar-refractivity contribution in [2.45, 2.75) is 6.54 Å². The van der Waals surface area contributed by atoms with Crippen molar-refractivity contribution in [3.05, 3.63) is 47.7 Å². The predicted molar refractivity (Wildman–Crippen MR) is 75.4 cm³/mol. The van der Waals surface area contributed by atoms with Gasteiger partial charge in [0.1, 0.15) is 17.6 Å². The minimum Gasteiger partial charge on any atom is -0.323 e. The van der Waals surface area contributed by atoms with E-state index < -0.39 is 0 Å². The van der Waals surface area contributed by atoms with Crippen LogP contribution < -0.4 is 5.32 Å². The number of nitrogens with one attached hydrogen (secondary N) is 1. The summed E-state index contributed by atoms with van der Waals surface area (Å²) in [5.74, 6) is -0.251. The molecule has 0 aliphatic carbocycles. The average molecular weight is 288 g/mol. The molecule has 1 aromatic carbocycles. The van der Waals surface area contributed by atoms with E-state index in [9.17, 15) is 4.79 Å². The van der Waals surface area contributed by atoms with E-state index in [2.05, 4.69) is 20.5 Å². The molecule has 6 nitrogen and oxygen atoms in total. The van der Waals surface area contributed by atoms with E-state index in [1.54, 1.807) is 12.3 Å². The number of fused-ring (bicyclic) bond motifs is 1. The van der Waals surface area contributed by atoms with Crippen LogP contribution in [0.15, 0.2) is 42.7 Å². The lowest BCUT2D eigenvalue weighted by molar-refractivity contribution is -0.117. The van der Waals surface area contributed by atoms with E-state index in [0.717, 1.165) is 11.0 Å². The lowest BCUT2D eigenvalue weighted by Gasteiger charge is -2.05. The summed E-state index contributed by atoms with van der Waals surface area (Å²) in [7, 11) is 0. The van der Waals surface area contributed by atoms with Gasteiger partial charge in [0.15, 0.2) is 0 Å². The van der Waals surface area contributed by atoms with Gasteiger partial charge in [-0.25, -0.2) is 0 Å². The summed E-state index contributed by atoms with van der Waals surface area (Å²) >= 11 is 5.92. The Bertz CT molecular complexity index is 737. The van der Waals surface area contributed by atoms with Crippen molar-refractivity contribution in [1.29, 1.82) is 0 Å². The molecular weight excluding hydrogens is 278 g/mol. The van der Waals surface area contributed by atoms with Crippen molar-refractivity contribution in [3.63, 3.8) is 0 Å². The highest BCUT2D eigenvalue weighted by Crippen LogP contribution is 2.18. The summed E-state index contributed by atoms with van der Waals surface area (Å²) in [6, 6.07) is 9.07. The second-order valence-electron chi connectivity index (χ2n) is 4.12. The van der Waals surface area contributed by atoms with Crippen LogP contribution in [0.1, 0.15) is 0 Å². The van der Waals surface area contributed by atoms with Gasteiger partial charge in [0.05, 0.1) is 10.7 Å². The average Bonchev–Trinajstić information content (AvgIpc) is 2.83. The third-order valence-electron chi connectivity index (χ3n) is 2.66. The van der Waals surface area contributed by atoms with Crippen molar-refractivity contribution in [1.82, 2.24) is 20.0 Å². The molecule has 0 aliphatic heterocycles. The molecule has 0 saturated heterocycles. The quantitative estimate of drug-likeness (QED) is 0.801. The maximum Gasteiger partial charge on any atom is 0.248 e. The van der Waals surface area contributed by atoms with Crippen molar-refractivity contribution in [3.8, 4) is 0 Å². The van der Waals surface area contributed by atoms with Crippen molar-refractivity contribution >= 4 is 34.2 Å². The lowest BCUT2D eigenvalue weighted by Crippen LogP contribution is -2.20. The molecule has 1 amide bonds. The summed E-state index contributed by atoms with van der Waals surface area (Å²) in [4.78, 5) is 17.1. The molecule has 0 bridgehead atoms. The summed E-state index contributed by atoms with van der Waals surface area (Å²) in [6.07, 6.45) is 3.03. The number of carbonyl (C=O) groups is 1. The van der Waals surface area contributed by atoms with Gasteiger partial charge in [-0.3, -0.25) is 9.78 Å². The minimum atomic E-state index is -0.251. The third kappa shape index (κ3) is 2.60. The monoisotopic (exact) mass is 287 g/mol. The summed E-state index contributed by atoms with van der Waals surface area (Å²) < 4.78 is 0. The Morgan fingerprint density at radius 3 is 2.55 bits per heavy atom. The van der Waals surface area contributed by atoms with Crippen LogP contribution in [-0.2, 0) is 11.3 Å². The van der Waals surface area contributed by atoms with Gasteiger partial charge in [0.25, 0.3) is 0 Å². The summed E-state index contributed by atoms with van der Waals surface area (Å²) in [5.41, 5.74) is 2.02. The minimum absolute atomic E-state index is 0.0212. The van der Waals surface area contributed by atoms with Gasteiger partial charge in [-0.15, -0.1) is 0 Å². The van der Waals surface area contributed by atoms with Crippen molar-refractivity contribution in [2.24, 2.45) is 0 Å². The highest BCUT2D eigenvalue weighted by molar-refractivity contribution is 6.33. The Morgan fingerprint density at radius 2 is 1.90 bits per heavy atom. The van der Waals surface area contributed by atoms with E-state index >= 15 is 0 Å². The maximum absolute atomic E-state index is 11.9. The number of anilines is 1. The Hall–Kier alpha value is -2.47. The van der Waals surface area contributed by atoms with Crippen LogP contribution in [0, 0.1) is 0 Å². The second-order valence-corrected chi connectivity index (χ2v) is 4.53. The van der Waals surface area contributed by atoms with Gasteiger partial charge in [-0.2, -0.15) is 15.0 Å². The molecule has 20 heavy (non-hydrogen) atoms. The zero-order valence-corrected chi connectivity index (χ0v) is 11.1. The van der Waals surface area contributed by atoms with E-state index in [1.807, 2.05) is 24.3 Å². The Kier molecular flexibility index (Phi) is 3.30. The molecule has 1 N–H and O–H groups in total. The molecule has 0 aliphatic rings. The van der Waals surface area contributed by atoms with Crippen molar-refractivity contribution in [2.75, 3.05) is 5.32 Å². The molecule has 0 saturated carbocycles. The molecule has 7 heteroatoms. The van der Waals surface area contributed by atoms with E-state index in [-0.39, 0.29) is 12.5 Å². The third-order valence-corrected chi connectivity index (χ3v) is 2.96.